The van der Waals surface area contributed by atoms with Gasteiger partial charge >= 0.3 is 0 Å². The van der Waals surface area contributed by atoms with Crippen LogP contribution < -0.4 is 5.73 Å². The van der Waals surface area contributed by atoms with Crippen LogP contribution in [-0.2, 0) is 19.4 Å². The van der Waals surface area contributed by atoms with Crippen molar-refractivity contribution in [3.8, 4) is 0 Å². The highest BCUT2D eigenvalue weighted by Crippen LogP contribution is 2.27. The summed E-state index contributed by atoms with van der Waals surface area (Å²) in [5, 5.41) is 3.95. The third kappa shape index (κ3) is 1.86. The Bertz CT molecular complexity index is 272. The molecule has 0 amide bonds. The number of nitrogens with two attached hydrogens (primary N) is 1. The Balaban J connectivity index is 0.000000845. The third-order valence-electron chi connectivity index (χ3n) is 2.56. The molecule has 0 fully saturated rings. The minimum Gasteiger partial charge on any atom is -0.361 e. The van der Waals surface area contributed by atoms with Gasteiger partial charge in [0.2, 0.25) is 0 Å². The predicted molar refractivity (Wildman–Crippen MR) is 52.8 cm³/mol. The fourth-order valence-electron chi connectivity index (χ4n) is 1.80. The highest BCUT2D eigenvalue weighted by atomic mass is 35.5. The number of halogens is 1. The molecule has 0 radical (unpaired) electrons. The third-order valence-corrected chi connectivity index (χ3v) is 2.56. The zero-order valence-corrected chi connectivity index (χ0v) is 8.56. The molecule has 2 rings (SSSR count). The number of aromatic nitrogens is 1. The Kier molecular flexibility index (Phi) is 3.33. The molecule has 0 bridgehead atoms. The molecule has 3 nitrogen and oxygen atoms in total. The molecule has 0 saturated carbocycles. The molecule has 1 aromatic heterocycles. The number of hydrogen-bond acceptors (Lipinski definition) is 3. The van der Waals surface area contributed by atoms with Crippen LogP contribution in [0, 0.1) is 5.92 Å². The van der Waals surface area contributed by atoms with Gasteiger partial charge in [-0.05, 0) is 18.8 Å². The van der Waals surface area contributed by atoms with Gasteiger partial charge in [0.25, 0.3) is 0 Å². The summed E-state index contributed by atoms with van der Waals surface area (Å²) in [5.41, 5.74) is 7.77. The SMILES string of the molecule is CC1CCc2onc(CN)c2C1.Cl. The average molecular weight is 203 g/mol. The Hall–Kier alpha value is -0.540. The van der Waals surface area contributed by atoms with E-state index in [-0.39, 0.29) is 12.4 Å². The van der Waals surface area contributed by atoms with Gasteiger partial charge in [-0.3, -0.25) is 0 Å². The van der Waals surface area contributed by atoms with Crippen LogP contribution in [0.15, 0.2) is 4.52 Å². The summed E-state index contributed by atoms with van der Waals surface area (Å²) in [7, 11) is 0. The molecule has 0 aromatic carbocycles. The van der Waals surface area contributed by atoms with Crippen LogP contribution >= 0.6 is 12.4 Å². The first-order valence-electron chi connectivity index (χ1n) is 4.47. The van der Waals surface area contributed by atoms with Crippen LogP contribution in [0.1, 0.15) is 30.4 Å². The fraction of sp³-hybridized carbons (Fsp3) is 0.667. The normalized spacial score (nSPS) is 20.6. The lowest BCUT2D eigenvalue weighted by Crippen LogP contribution is -2.12. The maximum absolute atomic E-state index is 5.54. The standard InChI is InChI=1S/C9H14N2O.ClH/c1-6-2-3-9-7(4-6)8(5-10)11-12-9;/h6H,2-5,10H2,1H3;1H. The van der Waals surface area contributed by atoms with E-state index < -0.39 is 0 Å². The van der Waals surface area contributed by atoms with Crippen molar-refractivity contribution in [3.05, 3.63) is 17.0 Å². The van der Waals surface area contributed by atoms with E-state index in [1.165, 1.54) is 12.0 Å². The Morgan fingerprint density at radius 1 is 1.62 bits per heavy atom. The molecule has 0 saturated heterocycles. The Morgan fingerprint density at radius 3 is 3.08 bits per heavy atom. The molecule has 1 unspecified atom stereocenters. The monoisotopic (exact) mass is 202 g/mol. The van der Waals surface area contributed by atoms with Crippen molar-refractivity contribution >= 4 is 12.4 Å². The lowest BCUT2D eigenvalue weighted by Gasteiger charge is -2.16. The van der Waals surface area contributed by atoms with E-state index in [0.717, 1.165) is 30.2 Å². The van der Waals surface area contributed by atoms with Crippen molar-refractivity contribution < 1.29 is 4.52 Å². The summed E-state index contributed by atoms with van der Waals surface area (Å²) >= 11 is 0. The topological polar surface area (TPSA) is 52.0 Å². The molecule has 2 N–H and O–H groups in total. The lowest BCUT2D eigenvalue weighted by atomic mass is 9.88. The van der Waals surface area contributed by atoms with Crippen molar-refractivity contribution in [3.63, 3.8) is 0 Å². The summed E-state index contributed by atoms with van der Waals surface area (Å²) in [6.07, 6.45) is 3.33. The van der Waals surface area contributed by atoms with E-state index in [9.17, 15) is 0 Å². The molecular weight excluding hydrogens is 188 g/mol. The summed E-state index contributed by atoms with van der Waals surface area (Å²) in [4.78, 5) is 0. The highest BCUT2D eigenvalue weighted by Gasteiger charge is 2.22. The first-order valence-corrected chi connectivity index (χ1v) is 4.47. The second kappa shape index (κ2) is 4.11. The van der Waals surface area contributed by atoms with Crippen molar-refractivity contribution in [2.45, 2.75) is 32.7 Å². The minimum atomic E-state index is 0. The van der Waals surface area contributed by atoms with Crippen LogP contribution in [0.3, 0.4) is 0 Å². The van der Waals surface area contributed by atoms with Crippen molar-refractivity contribution in [1.29, 1.82) is 0 Å². The first-order chi connectivity index (χ1) is 5.81. The first kappa shape index (κ1) is 10.5. The molecule has 13 heavy (non-hydrogen) atoms. The lowest BCUT2D eigenvalue weighted by molar-refractivity contribution is 0.353. The van der Waals surface area contributed by atoms with E-state index in [1.807, 2.05) is 0 Å². The molecule has 0 aliphatic heterocycles. The van der Waals surface area contributed by atoms with Gasteiger partial charge in [0.1, 0.15) is 11.5 Å². The van der Waals surface area contributed by atoms with E-state index in [2.05, 4.69) is 12.1 Å². The van der Waals surface area contributed by atoms with Gasteiger partial charge in [-0.2, -0.15) is 0 Å². The average Bonchev–Trinajstić information content (AvgIpc) is 2.46. The molecule has 1 aromatic rings. The second-order valence-corrected chi connectivity index (χ2v) is 3.58. The molecule has 1 aliphatic carbocycles. The van der Waals surface area contributed by atoms with E-state index in [0.29, 0.717) is 6.54 Å². The van der Waals surface area contributed by atoms with Gasteiger partial charge in [-0.25, -0.2) is 0 Å². The van der Waals surface area contributed by atoms with Crippen LogP contribution in [0.25, 0.3) is 0 Å². The van der Waals surface area contributed by atoms with E-state index >= 15 is 0 Å². The van der Waals surface area contributed by atoms with Gasteiger partial charge in [-0.15, -0.1) is 12.4 Å². The second-order valence-electron chi connectivity index (χ2n) is 3.58. The largest absolute Gasteiger partial charge is 0.361 e. The van der Waals surface area contributed by atoms with Crippen molar-refractivity contribution in [1.82, 2.24) is 5.16 Å². The van der Waals surface area contributed by atoms with Crippen LogP contribution in [0.5, 0.6) is 0 Å². The Labute approximate surface area is 84.1 Å². The number of aryl methyl sites for hydroxylation is 1. The zero-order valence-electron chi connectivity index (χ0n) is 7.75. The Morgan fingerprint density at radius 2 is 2.38 bits per heavy atom. The number of hydrogen-bond donors (Lipinski definition) is 1. The zero-order chi connectivity index (χ0) is 8.55. The van der Waals surface area contributed by atoms with Gasteiger partial charge in [0.15, 0.2) is 0 Å². The van der Waals surface area contributed by atoms with Crippen LogP contribution in [-0.4, -0.2) is 5.16 Å². The predicted octanol–water partition coefficient (Wildman–Crippen LogP) is 1.68. The number of nitrogens with zero attached hydrogens (tertiary/aromatic N) is 1. The van der Waals surface area contributed by atoms with Crippen LogP contribution in [0.4, 0.5) is 0 Å². The molecule has 74 valence electrons. The van der Waals surface area contributed by atoms with Crippen molar-refractivity contribution in [2.75, 3.05) is 0 Å². The molecular formula is C9H15ClN2O. The van der Waals surface area contributed by atoms with Gasteiger partial charge < -0.3 is 10.3 Å². The van der Waals surface area contributed by atoms with Gasteiger partial charge in [0, 0.05) is 18.5 Å². The van der Waals surface area contributed by atoms with Gasteiger partial charge in [-0.1, -0.05) is 12.1 Å². The maximum atomic E-state index is 5.54. The number of fused-ring (bicyclic) bond motifs is 1. The number of rotatable bonds is 1. The van der Waals surface area contributed by atoms with E-state index in [1.54, 1.807) is 0 Å². The quantitative estimate of drug-likeness (QED) is 0.754. The molecule has 1 aliphatic rings. The van der Waals surface area contributed by atoms with Gasteiger partial charge in [0.05, 0.1) is 0 Å². The summed E-state index contributed by atoms with van der Waals surface area (Å²) in [5.74, 6) is 1.82. The molecule has 0 spiro atoms. The molecule has 1 atom stereocenters. The van der Waals surface area contributed by atoms with E-state index in [4.69, 9.17) is 10.3 Å². The molecule has 1 heterocycles. The summed E-state index contributed by atoms with van der Waals surface area (Å²) in [6.45, 7) is 2.77. The fourth-order valence-corrected chi connectivity index (χ4v) is 1.80. The highest BCUT2D eigenvalue weighted by molar-refractivity contribution is 5.85. The smallest absolute Gasteiger partial charge is 0.140 e. The van der Waals surface area contributed by atoms with Crippen molar-refractivity contribution in [2.24, 2.45) is 11.7 Å². The maximum Gasteiger partial charge on any atom is 0.140 e. The minimum absolute atomic E-state index is 0. The van der Waals surface area contributed by atoms with Crippen LogP contribution in [0.2, 0.25) is 0 Å². The summed E-state index contributed by atoms with van der Waals surface area (Å²) in [6, 6.07) is 0. The summed E-state index contributed by atoms with van der Waals surface area (Å²) < 4.78 is 5.20. The molecule has 4 heteroatoms.